The Labute approximate surface area is 176 Å². The van der Waals surface area contributed by atoms with Crippen molar-refractivity contribution in [3.05, 3.63) is 87.8 Å². The van der Waals surface area contributed by atoms with Crippen molar-refractivity contribution < 1.29 is 23.7 Å². The maximum atomic E-state index is 12.7. The van der Waals surface area contributed by atoms with Gasteiger partial charge >= 0.3 is 6.03 Å². The summed E-state index contributed by atoms with van der Waals surface area (Å²) in [6.07, 6.45) is 1.44. The number of imide groups is 1. The Hall–Kier alpha value is -4.40. The van der Waals surface area contributed by atoms with Gasteiger partial charge in [-0.25, -0.2) is 4.79 Å². The Morgan fingerprint density at radius 2 is 1.90 bits per heavy atom. The SMILES string of the molecule is COc1cc([N+](=O)[O-])ccc1-c1ccc(/C=C2/NC(=O)N(Cc3ccccc3)C2=O)o1. The van der Waals surface area contributed by atoms with Crippen LogP contribution >= 0.6 is 0 Å². The zero-order valence-electron chi connectivity index (χ0n) is 16.4. The van der Waals surface area contributed by atoms with Crippen molar-refractivity contribution in [3.8, 4) is 17.1 Å². The summed E-state index contributed by atoms with van der Waals surface area (Å²) in [5.41, 5.74) is 1.34. The number of rotatable bonds is 6. The largest absolute Gasteiger partial charge is 0.496 e. The highest BCUT2D eigenvalue weighted by Gasteiger charge is 2.33. The summed E-state index contributed by atoms with van der Waals surface area (Å²) in [5, 5.41) is 13.5. The van der Waals surface area contributed by atoms with E-state index in [-0.39, 0.29) is 23.7 Å². The van der Waals surface area contributed by atoms with Gasteiger partial charge in [-0.05, 0) is 23.8 Å². The summed E-state index contributed by atoms with van der Waals surface area (Å²) in [6, 6.07) is 16.1. The minimum absolute atomic E-state index is 0.0949. The summed E-state index contributed by atoms with van der Waals surface area (Å²) in [4.78, 5) is 36.5. The van der Waals surface area contributed by atoms with Crippen molar-refractivity contribution in [2.75, 3.05) is 7.11 Å². The third-order valence-electron chi connectivity index (χ3n) is 4.72. The average molecular weight is 419 g/mol. The lowest BCUT2D eigenvalue weighted by Gasteiger charge is -2.11. The number of nitro groups is 1. The van der Waals surface area contributed by atoms with Gasteiger partial charge in [-0.15, -0.1) is 0 Å². The molecule has 1 aromatic heterocycles. The van der Waals surface area contributed by atoms with Crippen LogP contribution in [0.5, 0.6) is 5.75 Å². The van der Waals surface area contributed by atoms with E-state index in [1.165, 1.54) is 31.4 Å². The maximum absolute atomic E-state index is 12.7. The van der Waals surface area contributed by atoms with Crippen LogP contribution in [0.1, 0.15) is 11.3 Å². The Balaban J connectivity index is 1.57. The minimum atomic E-state index is -0.514. The fraction of sp³-hybridized carbons (Fsp3) is 0.0909. The maximum Gasteiger partial charge on any atom is 0.329 e. The van der Waals surface area contributed by atoms with Crippen molar-refractivity contribution in [1.29, 1.82) is 0 Å². The Morgan fingerprint density at radius 1 is 1.13 bits per heavy atom. The van der Waals surface area contributed by atoms with E-state index in [1.807, 2.05) is 30.3 Å². The van der Waals surface area contributed by atoms with Crippen LogP contribution < -0.4 is 10.1 Å². The molecule has 1 aliphatic heterocycles. The summed E-state index contributed by atoms with van der Waals surface area (Å²) in [5.74, 6) is 0.555. The molecule has 0 radical (unpaired) electrons. The number of benzene rings is 2. The second kappa shape index (κ2) is 8.15. The first-order chi connectivity index (χ1) is 15.0. The first-order valence-corrected chi connectivity index (χ1v) is 9.27. The molecule has 156 valence electrons. The van der Waals surface area contributed by atoms with Crippen LogP contribution in [0.15, 0.2) is 70.8 Å². The zero-order chi connectivity index (χ0) is 22.0. The molecule has 1 aliphatic rings. The number of ether oxygens (including phenoxy) is 1. The van der Waals surface area contributed by atoms with Gasteiger partial charge in [0.05, 0.1) is 30.2 Å². The van der Waals surface area contributed by atoms with Crippen molar-refractivity contribution >= 4 is 23.7 Å². The van der Waals surface area contributed by atoms with E-state index in [4.69, 9.17) is 9.15 Å². The van der Waals surface area contributed by atoms with E-state index in [2.05, 4.69) is 5.32 Å². The molecule has 0 bridgehead atoms. The summed E-state index contributed by atoms with van der Waals surface area (Å²) in [7, 11) is 1.41. The molecule has 0 saturated carbocycles. The molecular formula is C22H17N3O6. The first-order valence-electron chi connectivity index (χ1n) is 9.27. The van der Waals surface area contributed by atoms with E-state index < -0.39 is 16.9 Å². The van der Waals surface area contributed by atoms with Crippen molar-refractivity contribution in [3.63, 3.8) is 0 Å². The smallest absolute Gasteiger partial charge is 0.329 e. The van der Waals surface area contributed by atoms with E-state index in [9.17, 15) is 19.7 Å². The number of urea groups is 1. The molecule has 9 nitrogen and oxygen atoms in total. The van der Waals surface area contributed by atoms with Gasteiger partial charge in [0, 0.05) is 12.1 Å². The third-order valence-corrected chi connectivity index (χ3v) is 4.72. The van der Waals surface area contributed by atoms with Gasteiger partial charge in [0.1, 0.15) is 23.0 Å². The molecule has 0 atom stereocenters. The minimum Gasteiger partial charge on any atom is -0.496 e. The van der Waals surface area contributed by atoms with Gasteiger partial charge in [0.25, 0.3) is 11.6 Å². The molecule has 0 spiro atoms. The predicted octanol–water partition coefficient (Wildman–Crippen LogP) is 3.96. The number of nitrogens with zero attached hydrogens (tertiary/aromatic N) is 2. The molecule has 4 rings (SSSR count). The highest BCUT2D eigenvalue weighted by atomic mass is 16.6. The highest BCUT2D eigenvalue weighted by Crippen LogP contribution is 2.34. The number of hydrogen-bond acceptors (Lipinski definition) is 6. The number of furan rings is 1. The monoisotopic (exact) mass is 419 g/mol. The number of nitrogens with one attached hydrogen (secondary N) is 1. The number of carbonyl (C=O) groups excluding carboxylic acids is 2. The molecule has 2 aromatic carbocycles. The molecule has 0 aliphatic carbocycles. The number of non-ortho nitro benzene ring substituents is 1. The standard InChI is InChI=1S/C22H17N3O6/c1-30-20-11-15(25(28)29)7-9-17(20)19-10-8-16(31-19)12-18-21(26)24(22(27)23-18)13-14-5-3-2-4-6-14/h2-12H,13H2,1H3,(H,23,27)/b18-12+. The lowest BCUT2D eigenvalue weighted by Crippen LogP contribution is -2.30. The van der Waals surface area contributed by atoms with Crippen LogP contribution in [0.2, 0.25) is 0 Å². The number of nitro benzene ring substituents is 1. The molecule has 0 unspecified atom stereocenters. The molecule has 31 heavy (non-hydrogen) atoms. The van der Waals surface area contributed by atoms with Crippen LogP contribution in [0, 0.1) is 10.1 Å². The number of hydrogen-bond donors (Lipinski definition) is 1. The van der Waals surface area contributed by atoms with Crippen molar-refractivity contribution in [2.24, 2.45) is 0 Å². The zero-order valence-corrected chi connectivity index (χ0v) is 16.4. The normalized spacial score (nSPS) is 14.7. The fourth-order valence-electron chi connectivity index (χ4n) is 3.20. The Bertz CT molecular complexity index is 1200. The first kappa shape index (κ1) is 19.9. The van der Waals surface area contributed by atoms with Crippen LogP contribution in [0.25, 0.3) is 17.4 Å². The Kier molecular flexibility index (Phi) is 5.23. The summed E-state index contributed by atoms with van der Waals surface area (Å²) in [6.45, 7) is 0.159. The van der Waals surface area contributed by atoms with E-state index >= 15 is 0 Å². The summed E-state index contributed by atoms with van der Waals surface area (Å²) < 4.78 is 11.0. The third kappa shape index (κ3) is 4.01. The Morgan fingerprint density at radius 3 is 2.61 bits per heavy atom. The molecule has 2 heterocycles. The van der Waals surface area contributed by atoms with Crippen molar-refractivity contribution in [1.82, 2.24) is 10.2 Å². The van der Waals surface area contributed by atoms with E-state index in [1.54, 1.807) is 12.1 Å². The van der Waals surface area contributed by atoms with Gasteiger partial charge in [-0.1, -0.05) is 30.3 Å². The fourth-order valence-corrected chi connectivity index (χ4v) is 3.20. The van der Waals surface area contributed by atoms with Crippen LogP contribution in [0.4, 0.5) is 10.5 Å². The lowest BCUT2D eigenvalue weighted by atomic mass is 10.1. The molecule has 1 N–H and O–H groups in total. The molecule has 3 amide bonds. The van der Waals surface area contributed by atoms with Crippen LogP contribution in [0.3, 0.4) is 0 Å². The number of amides is 3. The molecular weight excluding hydrogens is 402 g/mol. The van der Waals surface area contributed by atoms with Crippen LogP contribution in [-0.4, -0.2) is 28.9 Å². The van der Waals surface area contributed by atoms with Crippen molar-refractivity contribution in [2.45, 2.75) is 6.54 Å². The number of carbonyl (C=O) groups is 2. The average Bonchev–Trinajstić information content (AvgIpc) is 3.34. The van der Waals surface area contributed by atoms with Gasteiger partial charge in [0.15, 0.2) is 0 Å². The molecule has 1 saturated heterocycles. The second-order valence-corrected chi connectivity index (χ2v) is 6.71. The topological polar surface area (TPSA) is 115 Å². The number of methoxy groups -OCH3 is 1. The second-order valence-electron chi connectivity index (χ2n) is 6.71. The van der Waals surface area contributed by atoms with Gasteiger partial charge < -0.3 is 14.5 Å². The molecule has 1 fully saturated rings. The van der Waals surface area contributed by atoms with E-state index in [0.29, 0.717) is 17.1 Å². The van der Waals surface area contributed by atoms with Gasteiger partial charge in [0.2, 0.25) is 0 Å². The van der Waals surface area contributed by atoms with Gasteiger partial charge in [-0.3, -0.25) is 19.8 Å². The predicted molar refractivity (Wildman–Crippen MR) is 111 cm³/mol. The van der Waals surface area contributed by atoms with Gasteiger partial charge in [-0.2, -0.15) is 0 Å². The summed E-state index contributed by atoms with van der Waals surface area (Å²) >= 11 is 0. The quantitative estimate of drug-likeness (QED) is 0.280. The highest BCUT2D eigenvalue weighted by molar-refractivity contribution is 6.13. The molecule has 9 heteroatoms. The van der Waals surface area contributed by atoms with E-state index in [0.717, 1.165) is 10.5 Å². The lowest BCUT2D eigenvalue weighted by molar-refractivity contribution is -0.384. The molecule has 3 aromatic rings. The van der Waals surface area contributed by atoms with Crippen LogP contribution in [-0.2, 0) is 11.3 Å².